The van der Waals surface area contributed by atoms with Crippen LogP contribution in [0.5, 0.6) is 0 Å². The fraction of sp³-hybridized carbons (Fsp3) is 0.526. The monoisotopic (exact) mass is 331 g/mol. The number of hydrogen-bond acceptors (Lipinski definition) is 4. The van der Waals surface area contributed by atoms with Gasteiger partial charge >= 0.3 is 6.09 Å². The molecule has 24 heavy (non-hydrogen) atoms. The van der Waals surface area contributed by atoms with Crippen LogP contribution in [0, 0.1) is 0 Å². The maximum atomic E-state index is 12.1. The third kappa shape index (κ3) is 5.57. The van der Waals surface area contributed by atoms with E-state index < -0.39 is 5.60 Å². The third-order valence-corrected chi connectivity index (χ3v) is 3.83. The average molecular weight is 331 g/mol. The summed E-state index contributed by atoms with van der Waals surface area (Å²) >= 11 is 0. The Morgan fingerprint density at radius 3 is 2.33 bits per heavy atom. The average Bonchev–Trinajstić information content (AvgIpc) is 2.54. The highest BCUT2D eigenvalue weighted by atomic mass is 16.6. The standard InChI is InChI=1S/C19H29N3O2/c1-19(2,3)24-18(23)22-14-12-21(13-15-22)17-9-7-16(8-10-17)6-4-5-11-20/h4,6-10H,5,11-15,20H2,1-3H3. The van der Waals surface area contributed by atoms with Crippen LogP contribution >= 0.6 is 0 Å². The van der Waals surface area contributed by atoms with E-state index in [1.807, 2.05) is 20.8 Å². The van der Waals surface area contributed by atoms with Crippen LogP contribution in [0.1, 0.15) is 32.8 Å². The summed E-state index contributed by atoms with van der Waals surface area (Å²) < 4.78 is 5.43. The van der Waals surface area contributed by atoms with Crippen LogP contribution in [-0.4, -0.2) is 49.3 Å². The zero-order valence-electron chi connectivity index (χ0n) is 15.0. The number of anilines is 1. The topological polar surface area (TPSA) is 58.8 Å². The molecule has 1 saturated heterocycles. The van der Waals surface area contributed by atoms with Gasteiger partial charge in [-0.3, -0.25) is 0 Å². The Bertz CT molecular complexity index is 553. The normalized spacial score (nSPS) is 15.8. The van der Waals surface area contributed by atoms with Gasteiger partial charge in [-0.15, -0.1) is 0 Å². The molecular formula is C19H29N3O2. The molecular weight excluding hydrogens is 302 g/mol. The molecule has 0 bridgehead atoms. The second kappa shape index (κ2) is 8.20. The Balaban J connectivity index is 1.87. The summed E-state index contributed by atoms with van der Waals surface area (Å²) in [5, 5.41) is 0. The smallest absolute Gasteiger partial charge is 0.410 e. The zero-order valence-corrected chi connectivity index (χ0v) is 15.0. The first-order valence-corrected chi connectivity index (χ1v) is 8.58. The van der Waals surface area contributed by atoms with Crippen LogP contribution in [0.4, 0.5) is 10.5 Å². The number of benzene rings is 1. The first-order chi connectivity index (χ1) is 11.4. The number of hydrogen-bond donors (Lipinski definition) is 1. The third-order valence-electron chi connectivity index (χ3n) is 3.83. The van der Waals surface area contributed by atoms with Crippen LogP contribution in [0.25, 0.3) is 6.08 Å². The number of carbonyl (C=O) groups is 1. The number of carbonyl (C=O) groups excluding carboxylic acids is 1. The van der Waals surface area contributed by atoms with Crippen molar-refractivity contribution >= 4 is 17.9 Å². The van der Waals surface area contributed by atoms with Gasteiger partial charge in [-0.2, -0.15) is 0 Å². The molecule has 0 aromatic heterocycles. The van der Waals surface area contributed by atoms with E-state index in [0.29, 0.717) is 19.6 Å². The van der Waals surface area contributed by atoms with Gasteiger partial charge in [0.2, 0.25) is 0 Å². The van der Waals surface area contributed by atoms with E-state index in [1.54, 1.807) is 4.90 Å². The molecule has 2 rings (SSSR count). The molecule has 132 valence electrons. The molecule has 0 unspecified atom stereocenters. The van der Waals surface area contributed by atoms with Crippen molar-refractivity contribution in [2.75, 3.05) is 37.6 Å². The largest absolute Gasteiger partial charge is 0.444 e. The number of amides is 1. The molecule has 0 radical (unpaired) electrons. The van der Waals surface area contributed by atoms with Crippen molar-refractivity contribution in [3.05, 3.63) is 35.9 Å². The summed E-state index contributed by atoms with van der Waals surface area (Å²) in [6.07, 6.45) is 4.86. The fourth-order valence-electron chi connectivity index (χ4n) is 2.59. The summed E-state index contributed by atoms with van der Waals surface area (Å²) in [5.74, 6) is 0. The minimum absolute atomic E-state index is 0.220. The quantitative estimate of drug-likeness (QED) is 0.921. The van der Waals surface area contributed by atoms with Gasteiger partial charge in [-0.25, -0.2) is 4.79 Å². The number of rotatable bonds is 4. The Morgan fingerprint density at radius 2 is 1.79 bits per heavy atom. The van der Waals surface area contributed by atoms with Gasteiger partial charge in [-0.1, -0.05) is 24.3 Å². The Labute approximate surface area is 145 Å². The lowest BCUT2D eigenvalue weighted by Crippen LogP contribution is -2.50. The first kappa shape index (κ1) is 18.3. The first-order valence-electron chi connectivity index (χ1n) is 8.58. The maximum Gasteiger partial charge on any atom is 0.410 e. The molecule has 1 aliphatic heterocycles. The Morgan fingerprint density at radius 1 is 1.17 bits per heavy atom. The van der Waals surface area contributed by atoms with Gasteiger partial charge < -0.3 is 20.3 Å². The molecule has 1 fully saturated rings. The highest BCUT2D eigenvalue weighted by molar-refractivity contribution is 5.68. The molecule has 5 nitrogen and oxygen atoms in total. The molecule has 2 N–H and O–H groups in total. The van der Waals surface area contributed by atoms with Gasteiger partial charge in [0.25, 0.3) is 0 Å². The van der Waals surface area contributed by atoms with Crippen LogP contribution < -0.4 is 10.6 Å². The summed E-state index contributed by atoms with van der Waals surface area (Å²) in [6, 6.07) is 8.49. The number of ether oxygens (including phenoxy) is 1. The van der Waals surface area contributed by atoms with Crippen LogP contribution in [0.3, 0.4) is 0 Å². The van der Waals surface area contributed by atoms with E-state index in [9.17, 15) is 4.79 Å². The molecule has 0 saturated carbocycles. The van der Waals surface area contributed by atoms with Gasteiger partial charge in [0.1, 0.15) is 5.60 Å². The van der Waals surface area contributed by atoms with E-state index in [1.165, 1.54) is 11.3 Å². The number of nitrogens with two attached hydrogens (primary N) is 1. The van der Waals surface area contributed by atoms with Crippen molar-refractivity contribution in [1.82, 2.24) is 4.90 Å². The Kier molecular flexibility index (Phi) is 6.26. The van der Waals surface area contributed by atoms with Crippen molar-refractivity contribution in [2.45, 2.75) is 32.8 Å². The van der Waals surface area contributed by atoms with E-state index in [4.69, 9.17) is 10.5 Å². The molecule has 0 aliphatic carbocycles. The van der Waals surface area contributed by atoms with Crippen molar-refractivity contribution in [2.24, 2.45) is 5.73 Å². The van der Waals surface area contributed by atoms with Crippen molar-refractivity contribution in [3.63, 3.8) is 0 Å². The predicted molar refractivity (Wildman–Crippen MR) is 99.2 cm³/mol. The molecule has 1 aromatic carbocycles. The van der Waals surface area contributed by atoms with Crippen molar-refractivity contribution in [1.29, 1.82) is 0 Å². The van der Waals surface area contributed by atoms with Crippen molar-refractivity contribution in [3.8, 4) is 0 Å². The highest BCUT2D eigenvalue weighted by Gasteiger charge is 2.25. The number of piperazine rings is 1. The Hall–Kier alpha value is -2.01. The van der Waals surface area contributed by atoms with E-state index >= 15 is 0 Å². The van der Waals surface area contributed by atoms with Gasteiger partial charge in [0, 0.05) is 31.9 Å². The SMILES string of the molecule is CC(C)(C)OC(=O)N1CCN(c2ccc(C=CCCN)cc2)CC1. The van der Waals surface area contributed by atoms with Crippen molar-refractivity contribution < 1.29 is 9.53 Å². The molecule has 0 atom stereocenters. The van der Waals surface area contributed by atoms with E-state index in [0.717, 1.165) is 19.5 Å². The van der Waals surface area contributed by atoms with E-state index in [-0.39, 0.29) is 6.09 Å². The summed E-state index contributed by atoms with van der Waals surface area (Å²) in [6.45, 7) is 9.37. The molecule has 1 aromatic rings. The lowest BCUT2D eigenvalue weighted by Gasteiger charge is -2.36. The lowest BCUT2D eigenvalue weighted by molar-refractivity contribution is 0.0240. The summed E-state index contributed by atoms with van der Waals surface area (Å²) in [5.41, 5.74) is 7.41. The molecule has 1 heterocycles. The molecule has 1 aliphatic rings. The minimum Gasteiger partial charge on any atom is -0.444 e. The second-order valence-electron chi connectivity index (χ2n) is 7.03. The van der Waals surface area contributed by atoms with Crippen LogP contribution in [0.2, 0.25) is 0 Å². The van der Waals surface area contributed by atoms with Gasteiger partial charge in [-0.05, 0) is 51.4 Å². The van der Waals surface area contributed by atoms with Crippen LogP contribution in [-0.2, 0) is 4.74 Å². The summed E-state index contributed by atoms with van der Waals surface area (Å²) in [4.78, 5) is 16.2. The maximum absolute atomic E-state index is 12.1. The van der Waals surface area contributed by atoms with E-state index in [2.05, 4.69) is 41.3 Å². The molecule has 0 spiro atoms. The fourth-order valence-corrected chi connectivity index (χ4v) is 2.59. The molecule has 1 amide bonds. The van der Waals surface area contributed by atoms with Crippen LogP contribution in [0.15, 0.2) is 30.3 Å². The highest BCUT2D eigenvalue weighted by Crippen LogP contribution is 2.19. The number of nitrogens with zero attached hydrogens (tertiary/aromatic N) is 2. The minimum atomic E-state index is -0.443. The van der Waals surface area contributed by atoms with Gasteiger partial charge in [0.15, 0.2) is 0 Å². The molecule has 5 heteroatoms. The second-order valence-corrected chi connectivity index (χ2v) is 7.03. The lowest BCUT2D eigenvalue weighted by atomic mass is 10.1. The van der Waals surface area contributed by atoms with Gasteiger partial charge in [0.05, 0.1) is 0 Å². The summed E-state index contributed by atoms with van der Waals surface area (Å²) in [7, 11) is 0. The zero-order chi connectivity index (χ0) is 17.6. The predicted octanol–water partition coefficient (Wildman–Crippen LogP) is 3.11.